The molecule has 0 saturated heterocycles. The second-order valence-electron chi connectivity index (χ2n) is 4.64. The molecule has 0 aliphatic carbocycles. The van der Waals surface area contributed by atoms with Crippen LogP contribution in [0.3, 0.4) is 0 Å². The fourth-order valence-corrected chi connectivity index (χ4v) is 1.99. The molecule has 2 heterocycles. The molecule has 6 nitrogen and oxygen atoms in total. The molecule has 3 aromatic rings. The lowest BCUT2D eigenvalue weighted by Gasteiger charge is -2.03. The van der Waals surface area contributed by atoms with Gasteiger partial charge in [-0.2, -0.15) is 9.78 Å². The summed E-state index contributed by atoms with van der Waals surface area (Å²) in [5, 5.41) is 4.08. The van der Waals surface area contributed by atoms with Gasteiger partial charge in [-0.05, 0) is 30.7 Å². The van der Waals surface area contributed by atoms with Crippen LogP contribution < -0.4 is 11.3 Å². The smallest absolute Gasteiger partial charge is 0.273 e. The number of nitrogens with zero attached hydrogens (tertiary/aromatic N) is 4. The molecule has 0 unspecified atom stereocenters. The van der Waals surface area contributed by atoms with E-state index >= 15 is 0 Å². The van der Waals surface area contributed by atoms with Gasteiger partial charge in [0.1, 0.15) is 11.5 Å². The Morgan fingerprint density at radius 1 is 1.24 bits per heavy atom. The van der Waals surface area contributed by atoms with E-state index in [0.717, 1.165) is 21.3 Å². The quantitative estimate of drug-likeness (QED) is 0.721. The van der Waals surface area contributed by atoms with E-state index in [-0.39, 0.29) is 11.4 Å². The van der Waals surface area contributed by atoms with Gasteiger partial charge in [0, 0.05) is 6.07 Å². The van der Waals surface area contributed by atoms with Gasteiger partial charge in [-0.15, -0.1) is 0 Å². The van der Waals surface area contributed by atoms with E-state index in [0.29, 0.717) is 5.69 Å². The minimum absolute atomic E-state index is 0.280. The number of para-hydroxylation sites is 2. The molecule has 6 heteroatoms. The van der Waals surface area contributed by atoms with Gasteiger partial charge in [0.15, 0.2) is 0 Å². The zero-order valence-electron chi connectivity index (χ0n) is 11.4. The summed E-state index contributed by atoms with van der Waals surface area (Å²) in [6, 6.07) is 10.7. The zero-order chi connectivity index (χ0) is 14.8. The predicted molar refractivity (Wildman–Crippen MR) is 82.4 cm³/mol. The molecule has 0 spiro atoms. The molecule has 0 aliphatic rings. The van der Waals surface area contributed by atoms with Crippen LogP contribution in [0.25, 0.3) is 11.0 Å². The van der Waals surface area contributed by atoms with Crippen LogP contribution in [0.1, 0.15) is 11.3 Å². The second kappa shape index (κ2) is 5.16. The predicted octanol–water partition coefficient (Wildman–Crippen LogP) is 1.56. The van der Waals surface area contributed by atoms with Crippen molar-refractivity contribution in [2.75, 3.05) is 5.73 Å². The molecule has 1 aromatic carbocycles. The number of anilines is 1. The van der Waals surface area contributed by atoms with Gasteiger partial charge in [-0.3, -0.25) is 9.78 Å². The number of aryl methyl sites for hydroxylation is 1. The van der Waals surface area contributed by atoms with Crippen LogP contribution >= 0.6 is 0 Å². The van der Waals surface area contributed by atoms with Crippen LogP contribution in [0.2, 0.25) is 0 Å². The lowest BCUT2D eigenvalue weighted by atomic mass is 10.3. The first-order valence-corrected chi connectivity index (χ1v) is 6.39. The molecule has 0 amide bonds. The molecule has 0 bridgehead atoms. The third-order valence-electron chi connectivity index (χ3n) is 2.95. The van der Waals surface area contributed by atoms with E-state index < -0.39 is 0 Å². The molecular weight excluding hydrogens is 266 g/mol. The maximum Gasteiger partial charge on any atom is 0.273 e. The Labute approximate surface area is 120 Å². The Kier molecular flexibility index (Phi) is 3.19. The topological polar surface area (TPSA) is 86.2 Å². The normalized spacial score (nSPS) is 11.3. The number of fused-ring (bicyclic) bond motifs is 1. The minimum Gasteiger partial charge on any atom is -0.384 e. The lowest BCUT2D eigenvalue weighted by molar-refractivity contribution is 0.842. The Balaban J connectivity index is 2.00. The van der Waals surface area contributed by atoms with E-state index in [1.165, 1.54) is 12.3 Å². The van der Waals surface area contributed by atoms with Gasteiger partial charge in [-0.1, -0.05) is 12.1 Å². The van der Waals surface area contributed by atoms with Crippen LogP contribution in [0, 0.1) is 6.92 Å². The summed E-state index contributed by atoms with van der Waals surface area (Å²) in [5.41, 5.74) is 8.44. The van der Waals surface area contributed by atoms with Gasteiger partial charge in [0.25, 0.3) is 5.56 Å². The first kappa shape index (κ1) is 13.0. The number of rotatable bonds is 2. The molecule has 2 aromatic heterocycles. The lowest BCUT2D eigenvalue weighted by Crippen LogP contribution is -2.19. The van der Waals surface area contributed by atoms with Crippen molar-refractivity contribution in [2.45, 2.75) is 6.92 Å². The van der Waals surface area contributed by atoms with E-state index in [2.05, 4.69) is 15.1 Å². The van der Waals surface area contributed by atoms with E-state index in [1.54, 1.807) is 19.2 Å². The Bertz CT molecular complexity index is 898. The van der Waals surface area contributed by atoms with Crippen molar-refractivity contribution in [3.63, 3.8) is 0 Å². The summed E-state index contributed by atoms with van der Waals surface area (Å²) < 4.78 is 1.13. The second-order valence-corrected chi connectivity index (χ2v) is 4.64. The van der Waals surface area contributed by atoms with Crippen molar-refractivity contribution in [1.82, 2.24) is 14.6 Å². The van der Waals surface area contributed by atoms with Gasteiger partial charge >= 0.3 is 0 Å². The summed E-state index contributed by atoms with van der Waals surface area (Å²) in [5.74, 6) is 0.282. The maximum atomic E-state index is 11.8. The van der Waals surface area contributed by atoms with Crippen LogP contribution in [-0.2, 0) is 0 Å². The Morgan fingerprint density at radius 3 is 2.76 bits per heavy atom. The highest BCUT2D eigenvalue weighted by Gasteiger charge is 2.01. The first-order valence-electron chi connectivity index (χ1n) is 6.39. The van der Waals surface area contributed by atoms with E-state index in [4.69, 9.17) is 5.73 Å². The standard InChI is InChI=1S/C15H13N5O/c1-10-6-14(16)20(15(21)7-10)18-9-11-8-17-12-4-2-3-5-13(12)19-11/h2-9H,16H2,1H3/b18-9-. The molecule has 0 aliphatic heterocycles. The van der Waals surface area contributed by atoms with E-state index in [9.17, 15) is 4.79 Å². The average molecular weight is 279 g/mol. The molecule has 2 N–H and O–H groups in total. The van der Waals surface area contributed by atoms with Crippen LogP contribution in [0.4, 0.5) is 5.82 Å². The van der Waals surface area contributed by atoms with Crippen molar-refractivity contribution in [3.8, 4) is 0 Å². The maximum absolute atomic E-state index is 11.8. The molecule has 3 rings (SSSR count). The summed E-state index contributed by atoms with van der Waals surface area (Å²) in [6.07, 6.45) is 3.06. The van der Waals surface area contributed by atoms with Gasteiger partial charge in [0.05, 0.1) is 23.4 Å². The minimum atomic E-state index is -0.280. The molecular formula is C15H13N5O. The fourth-order valence-electron chi connectivity index (χ4n) is 1.99. The average Bonchev–Trinajstić information content (AvgIpc) is 2.46. The number of hydrogen-bond donors (Lipinski definition) is 1. The summed E-state index contributed by atoms with van der Waals surface area (Å²) in [7, 11) is 0. The highest BCUT2D eigenvalue weighted by atomic mass is 16.1. The van der Waals surface area contributed by atoms with Gasteiger partial charge < -0.3 is 5.73 Å². The van der Waals surface area contributed by atoms with Crippen molar-refractivity contribution >= 4 is 23.1 Å². The molecule has 0 saturated carbocycles. The van der Waals surface area contributed by atoms with Crippen LogP contribution in [-0.4, -0.2) is 20.9 Å². The number of pyridine rings is 1. The highest BCUT2D eigenvalue weighted by molar-refractivity contribution is 5.82. The number of benzene rings is 1. The SMILES string of the molecule is Cc1cc(N)n(/N=C\c2cnc3ccccc3n2)c(=O)c1. The fraction of sp³-hybridized carbons (Fsp3) is 0.0667. The Hall–Kier alpha value is -3.02. The number of hydrogen-bond acceptors (Lipinski definition) is 5. The van der Waals surface area contributed by atoms with Crippen molar-refractivity contribution in [1.29, 1.82) is 0 Å². The van der Waals surface area contributed by atoms with Crippen molar-refractivity contribution in [2.24, 2.45) is 5.10 Å². The third kappa shape index (κ3) is 2.64. The summed E-state index contributed by atoms with van der Waals surface area (Å²) in [4.78, 5) is 20.5. The highest BCUT2D eigenvalue weighted by Crippen LogP contribution is 2.07. The number of aromatic nitrogens is 3. The molecule has 21 heavy (non-hydrogen) atoms. The van der Waals surface area contributed by atoms with Crippen LogP contribution in [0.5, 0.6) is 0 Å². The first-order chi connectivity index (χ1) is 10.1. The largest absolute Gasteiger partial charge is 0.384 e. The zero-order valence-corrected chi connectivity index (χ0v) is 11.4. The summed E-state index contributed by atoms with van der Waals surface area (Å²) >= 11 is 0. The van der Waals surface area contributed by atoms with Gasteiger partial charge in [-0.25, -0.2) is 4.98 Å². The van der Waals surface area contributed by atoms with Gasteiger partial charge in [0.2, 0.25) is 0 Å². The van der Waals surface area contributed by atoms with Crippen molar-refractivity contribution in [3.05, 3.63) is 64.2 Å². The third-order valence-corrected chi connectivity index (χ3v) is 2.95. The van der Waals surface area contributed by atoms with E-state index in [1.807, 2.05) is 24.3 Å². The monoisotopic (exact) mass is 279 g/mol. The number of nitrogens with two attached hydrogens (primary N) is 1. The number of nitrogen functional groups attached to an aromatic ring is 1. The Morgan fingerprint density at radius 2 is 2.00 bits per heavy atom. The molecule has 0 radical (unpaired) electrons. The molecule has 0 fully saturated rings. The summed E-state index contributed by atoms with van der Waals surface area (Å²) in [6.45, 7) is 1.81. The van der Waals surface area contributed by atoms with Crippen molar-refractivity contribution < 1.29 is 0 Å². The molecule has 0 atom stereocenters. The molecule has 104 valence electrons. The van der Waals surface area contributed by atoms with Crippen LogP contribution in [0.15, 0.2) is 52.5 Å².